The normalized spacial score (nSPS) is 20.9. The molecule has 0 unspecified atom stereocenters. The first-order valence-electron chi connectivity index (χ1n) is 7.20. The highest BCUT2D eigenvalue weighted by atomic mass is 16.5. The van der Waals surface area contributed by atoms with Crippen LogP contribution in [0.4, 0.5) is 0 Å². The molecule has 0 saturated heterocycles. The summed E-state index contributed by atoms with van der Waals surface area (Å²) >= 11 is 0. The third kappa shape index (κ3) is 3.24. The van der Waals surface area contributed by atoms with Crippen molar-refractivity contribution in [3.05, 3.63) is 47.9 Å². The van der Waals surface area contributed by atoms with Gasteiger partial charge in [0.05, 0.1) is 7.11 Å². The molecule has 0 bridgehead atoms. The lowest BCUT2D eigenvalue weighted by atomic mass is 9.76. The Hall–Kier alpha value is -1.28. The van der Waals surface area contributed by atoms with Gasteiger partial charge in [-0.15, -0.1) is 0 Å². The third-order valence-electron chi connectivity index (χ3n) is 4.06. The van der Waals surface area contributed by atoms with Crippen molar-refractivity contribution in [1.29, 1.82) is 0 Å². The third-order valence-corrected chi connectivity index (χ3v) is 4.06. The van der Waals surface area contributed by atoms with Crippen molar-refractivity contribution in [2.75, 3.05) is 7.11 Å². The second-order valence-corrected chi connectivity index (χ2v) is 6.92. The van der Waals surface area contributed by atoms with Gasteiger partial charge in [0.1, 0.15) is 5.75 Å². The van der Waals surface area contributed by atoms with Crippen LogP contribution in [0.1, 0.15) is 39.7 Å². The van der Waals surface area contributed by atoms with E-state index in [1.807, 2.05) is 12.1 Å². The zero-order valence-corrected chi connectivity index (χ0v) is 13.3. The molecule has 2 nitrogen and oxygen atoms in total. The number of methoxy groups -OCH3 is 1. The van der Waals surface area contributed by atoms with Crippen molar-refractivity contribution in [2.45, 2.75) is 51.6 Å². The lowest BCUT2D eigenvalue weighted by Crippen LogP contribution is -2.56. The van der Waals surface area contributed by atoms with Gasteiger partial charge < -0.3 is 10.1 Å². The number of nitrogens with one attached hydrogen (secondary N) is 1. The van der Waals surface area contributed by atoms with Crippen molar-refractivity contribution in [3.63, 3.8) is 0 Å². The molecule has 0 saturated carbocycles. The van der Waals surface area contributed by atoms with E-state index in [2.05, 4.69) is 52.1 Å². The van der Waals surface area contributed by atoms with Gasteiger partial charge in [0, 0.05) is 11.1 Å². The molecule has 1 radical (unpaired) electrons. The number of benzene rings is 1. The number of rotatable bonds is 3. The van der Waals surface area contributed by atoms with E-state index in [1.165, 1.54) is 16.7 Å². The predicted molar refractivity (Wildman–Crippen MR) is 85.0 cm³/mol. The number of hydrogen-bond acceptors (Lipinski definition) is 2. The van der Waals surface area contributed by atoms with E-state index in [1.54, 1.807) is 7.11 Å². The van der Waals surface area contributed by atoms with Gasteiger partial charge in [-0.1, -0.05) is 23.3 Å². The minimum atomic E-state index is -0.0381. The maximum absolute atomic E-state index is 5.21. The summed E-state index contributed by atoms with van der Waals surface area (Å²) in [5.41, 5.74) is 4.07. The van der Waals surface area contributed by atoms with Crippen LogP contribution in [0.2, 0.25) is 0 Å². The molecule has 0 fully saturated rings. The van der Waals surface area contributed by atoms with Crippen LogP contribution in [0.15, 0.2) is 35.4 Å². The zero-order valence-electron chi connectivity index (χ0n) is 13.3. The maximum Gasteiger partial charge on any atom is 0.118 e. The molecule has 1 N–H and O–H groups in total. The van der Waals surface area contributed by atoms with Crippen molar-refractivity contribution in [3.8, 4) is 5.75 Å². The summed E-state index contributed by atoms with van der Waals surface area (Å²) in [5.74, 6) is 0.906. The van der Waals surface area contributed by atoms with Gasteiger partial charge >= 0.3 is 0 Å². The van der Waals surface area contributed by atoms with E-state index < -0.39 is 0 Å². The van der Waals surface area contributed by atoms with Gasteiger partial charge in [0.25, 0.3) is 0 Å². The Kier molecular flexibility index (Phi) is 3.97. The van der Waals surface area contributed by atoms with Crippen LogP contribution >= 0.6 is 0 Å². The summed E-state index contributed by atoms with van der Waals surface area (Å²) < 4.78 is 5.21. The molecule has 2 heteroatoms. The molecular weight excluding hydrogens is 246 g/mol. The van der Waals surface area contributed by atoms with E-state index in [4.69, 9.17) is 4.74 Å². The van der Waals surface area contributed by atoms with Crippen LogP contribution < -0.4 is 10.1 Å². The van der Waals surface area contributed by atoms with Gasteiger partial charge in [0.15, 0.2) is 0 Å². The average molecular weight is 272 g/mol. The Balaban J connectivity index is 2.26. The fraction of sp³-hybridized carbons (Fsp3) is 0.500. The number of hydrogen-bond donors (Lipinski definition) is 1. The highest BCUT2D eigenvalue weighted by Crippen LogP contribution is 2.34. The quantitative estimate of drug-likeness (QED) is 0.900. The fourth-order valence-corrected chi connectivity index (χ4v) is 3.21. The lowest BCUT2D eigenvalue weighted by molar-refractivity contribution is 0.271. The second-order valence-electron chi connectivity index (χ2n) is 6.92. The van der Waals surface area contributed by atoms with Crippen LogP contribution in [0.25, 0.3) is 0 Å². The molecule has 109 valence electrons. The Bertz CT molecular complexity index is 509. The summed E-state index contributed by atoms with van der Waals surface area (Å²) in [6, 6.07) is 8.33. The summed E-state index contributed by atoms with van der Waals surface area (Å²) in [6.45, 7) is 13.3. The highest BCUT2D eigenvalue weighted by Gasteiger charge is 2.35. The molecule has 0 spiro atoms. The largest absolute Gasteiger partial charge is 0.497 e. The van der Waals surface area contributed by atoms with Crippen LogP contribution in [-0.4, -0.2) is 18.2 Å². The monoisotopic (exact) mass is 272 g/mol. The first kappa shape index (κ1) is 15.1. The molecule has 0 atom stereocenters. The molecule has 1 aromatic carbocycles. The smallest absolute Gasteiger partial charge is 0.118 e. The summed E-state index contributed by atoms with van der Waals surface area (Å²) in [5, 5.41) is 3.68. The van der Waals surface area contributed by atoms with Crippen LogP contribution in [0.5, 0.6) is 5.75 Å². The van der Waals surface area contributed by atoms with Crippen LogP contribution in [0.3, 0.4) is 0 Å². The Morgan fingerprint density at radius 2 is 1.75 bits per heavy atom. The highest BCUT2D eigenvalue weighted by molar-refractivity contribution is 5.37. The minimum Gasteiger partial charge on any atom is -0.497 e. The summed E-state index contributed by atoms with van der Waals surface area (Å²) in [6.07, 6.45) is 2.01. The van der Waals surface area contributed by atoms with Crippen molar-refractivity contribution in [2.24, 2.45) is 0 Å². The molecule has 1 aliphatic heterocycles. The van der Waals surface area contributed by atoms with E-state index in [0.717, 1.165) is 18.6 Å². The SMILES string of the molecule is [CH2]C1=C(Cc2ccc(OC)cc2)CC(C)(C)NC1(C)C. The average Bonchev–Trinajstić information content (AvgIpc) is 2.35. The first-order chi connectivity index (χ1) is 9.23. The maximum atomic E-state index is 5.21. The number of ether oxygens (including phenoxy) is 1. The zero-order chi connectivity index (χ0) is 15.0. The minimum absolute atomic E-state index is 0.0381. The van der Waals surface area contributed by atoms with Gasteiger partial charge in [-0.2, -0.15) is 0 Å². The molecule has 1 heterocycles. The molecule has 0 amide bonds. The van der Waals surface area contributed by atoms with E-state index >= 15 is 0 Å². The van der Waals surface area contributed by atoms with Gasteiger partial charge in [-0.05, 0) is 65.2 Å². The van der Waals surface area contributed by atoms with Crippen molar-refractivity contribution < 1.29 is 4.74 Å². The molecule has 0 aromatic heterocycles. The van der Waals surface area contributed by atoms with Gasteiger partial charge in [-0.3, -0.25) is 0 Å². The fourth-order valence-electron chi connectivity index (χ4n) is 3.21. The second kappa shape index (κ2) is 5.25. The Labute approximate surface area is 123 Å². The van der Waals surface area contributed by atoms with E-state index in [9.17, 15) is 0 Å². The molecule has 2 rings (SSSR count). The predicted octanol–water partition coefficient (Wildman–Crippen LogP) is 3.92. The molecule has 0 aliphatic carbocycles. The van der Waals surface area contributed by atoms with Gasteiger partial charge in [-0.25, -0.2) is 0 Å². The summed E-state index contributed by atoms with van der Waals surface area (Å²) in [7, 11) is 1.70. The lowest BCUT2D eigenvalue weighted by Gasteiger charge is -2.44. The standard InChI is InChI=1S/C18H26NO/c1-13-15(12-17(2,3)19-18(13,4)5)11-14-7-9-16(20-6)10-8-14/h7-10,19H,1,11-12H2,2-6H3. The van der Waals surface area contributed by atoms with Crippen molar-refractivity contribution in [1.82, 2.24) is 5.32 Å². The molecular formula is C18H26NO. The van der Waals surface area contributed by atoms with Crippen LogP contribution in [0, 0.1) is 6.92 Å². The van der Waals surface area contributed by atoms with Gasteiger partial charge in [0.2, 0.25) is 0 Å². The van der Waals surface area contributed by atoms with E-state index in [0.29, 0.717) is 0 Å². The molecule has 20 heavy (non-hydrogen) atoms. The summed E-state index contributed by atoms with van der Waals surface area (Å²) in [4.78, 5) is 0. The molecule has 1 aromatic rings. The Morgan fingerprint density at radius 3 is 2.30 bits per heavy atom. The topological polar surface area (TPSA) is 21.3 Å². The Morgan fingerprint density at radius 1 is 1.15 bits per heavy atom. The molecule has 1 aliphatic rings. The van der Waals surface area contributed by atoms with Crippen LogP contribution in [-0.2, 0) is 6.42 Å². The van der Waals surface area contributed by atoms with E-state index in [-0.39, 0.29) is 11.1 Å². The van der Waals surface area contributed by atoms with Crippen molar-refractivity contribution >= 4 is 0 Å². The first-order valence-corrected chi connectivity index (χ1v) is 7.20.